The molecule has 1 amide bonds. The number of hydrogen-bond donors (Lipinski definition) is 1. The van der Waals surface area contributed by atoms with Gasteiger partial charge in [0.15, 0.2) is 5.65 Å². The van der Waals surface area contributed by atoms with Crippen LogP contribution in [0.4, 0.5) is 5.00 Å². The monoisotopic (exact) mass is 545 g/mol. The zero-order chi connectivity index (χ0) is 26.5. The summed E-state index contributed by atoms with van der Waals surface area (Å²) in [5.74, 6) is -0.660. The topological polar surface area (TPSA) is 99.0 Å². The Morgan fingerprint density at radius 2 is 1.84 bits per heavy atom. The van der Waals surface area contributed by atoms with Crippen molar-refractivity contribution in [2.45, 2.75) is 38.4 Å². The highest BCUT2D eigenvalue weighted by Gasteiger charge is 2.21. The third-order valence-corrected chi connectivity index (χ3v) is 7.90. The number of nitrogens with zero attached hydrogens (tertiary/aromatic N) is 4. The van der Waals surface area contributed by atoms with Crippen LogP contribution in [-0.2, 0) is 16.1 Å². The van der Waals surface area contributed by atoms with E-state index in [9.17, 15) is 9.59 Å². The number of thiophene rings is 1. The van der Waals surface area contributed by atoms with Crippen LogP contribution in [-0.4, -0.2) is 44.0 Å². The number of benzene rings is 2. The molecule has 38 heavy (non-hydrogen) atoms. The molecule has 2 aromatic carbocycles. The van der Waals surface area contributed by atoms with Crippen LogP contribution >= 0.6 is 23.1 Å². The van der Waals surface area contributed by atoms with Crippen LogP contribution in [0.3, 0.4) is 0 Å². The maximum absolute atomic E-state index is 12.9. The van der Waals surface area contributed by atoms with Gasteiger partial charge in [-0.15, -0.1) is 21.5 Å². The maximum Gasteiger partial charge on any atom is 0.341 e. The van der Waals surface area contributed by atoms with Crippen LogP contribution in [0, 0.1) is 0 Å². The summed E-state index contributed by atoms with van der Waals surface area (Å²) in [5, 5.41) is 13.5. The number of unbranched alkanes of at least 4 members (excludes halogenated alkanes) is 1. The van der Waals surface area contributed by atoms with E-state index in [0.717, 1.165) is 51.9 Å². The lowest BCUT2D eigenvalue weighted by Gasteiger charge is -2.07. The molecule has 0 aliphatic carbocycles. The zero-order valence-electron chi connectivity index (χ0n) is 21.1. The standard InChI is InChI=1S/C28H27N5O3S2/c1-3-5-15-33-21-14-10-9-13-19(21)24-25(33)30-28(32-31-24)37-17-23(34)29-26-20(27(35)36-4-2)16-22(38-26)18-11-7-6-8-12-18/h6-14,16H,3-5,15,17H2,1-2H3,(H,29,34). The number of carbonyl (C=O) groups excluding carboxylic acids is 2. The minimum absolute atomic E-state index is 0.0726. The Kier molecular flexibility index (Phi) is 8.00. The molecule has 3 aromatic heterocycles. The zero-order valence-corrected chi connectivity index (χ0v) is 22.8. The Morgan fingerprint density at radius 3 is 2.63 bits per heavy atom. The number of carbonyl (C=O) groups is 2. The highest BCUT2D eigenvalue weighted by Crippen LogP contribution is 2.36. The maximum atomic E-state index is 12.9. The van der Waals surface area contributed by atoms with E-state index in [1.807, 2.05) is 48.5 Å². The second-order valence-electron chi connectivity index (χ2n) is 8.57. The SMILES string of the molecule is CCCCn1c2ccccc2c2nnc(SCC(=O)Nc3sc(-c4ccccc4)cc3C(=O)OCC)nc21. The fourth-order valence-electron chi connectivity index (χ4n) is 4.17. The molecule has 5 aromatic rings. The van der Waals surface area contributed by atoms with Crippen molar-refractivity contribution >= 4 is 62.0 Å². The van der Waals surface area contributed by atoms with Crippen LogP contribution in [0.25, 0.3) is 32.5 Å². The Balaban J connectivity index is 1.35. The molecule has 10 heteroatoms. The van der Waals surface area contributed by atoms with Crippen molar-refractivity contribution in [2.24, 2.45) is 0 Å². The molecule has 0 radical (unpaired) electrons. The smallest absolute Gasteiger partial charge is 0.341 e. The van der Waals surface area contributed by atoms with Crippen molar-refractivity contribution in [3.8, 4) is 10.4 Å². The molecule has 0 saturated heterocycles. The normalized spacial score (nSPS) is 11.2. The van der Waals surface area contributed by atoms with Crippen LogP contribution in [0.5, 0.6) is 0 Å². The molecule has 0 unspecified atom stereocenters. The van der Waals surface area contributed by atoms with Crippen LogP contribution in [0.15, 0.2) is 65.8 Å². The number of aromatic nitrogens is 4. The predicted molar refractivity (Wildman–Crippen MR) is 153 cm³/mol. The molecule has 1 N–H and O–H groups in total. The number of esters is 1. The lowest BCUT2D eigenvalue weighted by molar-refractivity contribution is -0.113. The molecule has 8 nitrogen and oxygen atoms in total. The highest BCUT2D eigenvalue weighted by atomic mass is 32.2. The minimum Gasteiger partial charge on any atom is -0.462 e. The van der Waals surface area contributed by atoms with Gasteiger partial charge in [-0.3, -0.25) is 4.79 Å². The number of hydrogen-bond acceptors (Lipinski definition) is 8. The van der Waals surface area contributed by atoms with E-state index >= 15 is 0 Å². The van der Waals surface area contributed by atoms with Gasteiger partial charge in [0.05, 0.1) is 23.4 Å². The summed E-state index contributed by atoms with van der Waals surface area (Å²) in [6, 6.07) is 19.6. The van der Waals surface area contributed by atoms with Crippen molar-refractivity contribution in [1.29, 1.82) is 0 Å². The number of amides is 1. The summed E-state index contributed by atoms with van der Waals surface area (Å²) in [7, 11) is 0. The Bertz CT molecular complexity index is 1600. The van der Waals surface area contributed by atoms with Crippen LogP contribution in [0.2, 0.25) is 0 Å². The van der Waals surface area contributed by atoms with E-state index in [1.165, 1.54) is 23.1 Å². The van der Waals surface area contributed by atoms with Crippen molar-refractivity contribution in [2.75, 3.05) is 17.7 Å². The molecular weight excluding hydrogens is 518 g/mol. The largest absolute Gasteiger partial charge is 0.462 e. The average molecular weight is 546 g/mol. The van der Waals surface area contributed by atoms with Gasteiger partial charge in [-0.2, -0.15) is 0 Å². The van der Waals surface area contributed by atoms with Gasteiger partial charge >= 0.3 is 5.97 Å². The molecule has 0 fully saturated rings. The van der Waals surface area contributed by atoms with Crippen LogP contribution in [0.1, 0.15) is 37.0 Å². The number of fused-ring (bicyclic) bond motifs is 3. The Labute approximate surface area is 228 Å². The van der Waals surface area contributed by atoms with E-state index in [-0.39, 0.29) is 18.3 Å². The number of anilines is 1. The first kappa shape index (κ1) is 25.9. The molecule has 0 atom stereocenters. The van der Waals surface area contributed by atoms with E-state index in [0.29, 0.717) is 15.7 Å². The summed E-state index contributed by atoms with van der Waals surface area (Å²) in [6.07, 6.45) is 2.09. The first-order valence-electron chi connectivity index (χ1n) is 12.5. The van der Waals surface area contributed by atoms with Crippen molar-refractivity contribution in [3.05, 3.63) is 66.2 Å². The highest BCUT2D eigenvalue weighted by molar-refractivity contribution is 7.99. The molecule has 5 rings (SSSR count). The first-order valence-corrected chi connectivity index (χ1v) is 14.3. The van der Waals surface area contributed by atoms with Gasteiger partial charge in [0.25, 0.3) is 0 Å². The summed E-state index contributed by atoms with van der Waals surface area (Å²) in [5.41, 5.74) is 3.92. The summed E-state index contributed by atoms with van der Waals surface area (Å²) in [4.78, 5) is 31.1. The van der Waals surface area contributed by atoms with Gasteiger partial charge < -0.3 is 14.6 Å². The molecule has 0 bridgehead atoms. The van der Waals surface area contributed by atoms with E-state index in [1.54, 1.807) is 13.0 Å². The number of thioether (sulfide) groups is 1. The third kappa shape index (κ3) is 5.41. The third-order valence-electron chi connectivity index (χ3n) is 5.96. The molecule has 3 heterocycles. The number of para-hydroxylation sites is 1. The Morgan fingerprint density at radius 1 is 1.05 bits per heavy atom. The van der Waals surface area contributed by atoms with Gasteiger partial charge in [-0.25, -0.2) is 9.78 Å². The quantitative estimate of drug-likeness (QED) is 0.160. The summed E-state index contributed by atoms with van der Waals surface area (Å²) >= 11 is 2.55. The van der Waals surface area contributed by atoms with E-state index < -0.39 is 5.97 Å². The Hall–Kier alpha value is -3.76. The first-order chi connectivity index (χ1) is 18.6. The van der Waals surface area contributed by atoms with Gasteiger partial charge in [0, 0.05) is 16.8 Å². The fraction of sp³-hybridized carbons (Fsp3) is 0.250. The molecule has 0 saturated carbocycles. The van der Waals surface area contributed by atoms with Crippen molar-refractivity contribution < 1.29 is 14.3 Å². The summed E-state index contributed by atoms with van der Waals surface area (Å²) < 4.78 is 7.39. The van der Waals surface area contributed by atoms with E-state index in [2.05, 4.69) is 33.1 Å². The minimum atomic E-state index is -0.466. The average Bonchev–Trinajstić information content (AvgIpc) is 3.50. The molecule has 0 spiro atoms. The lowest BCUT2D eigenvalue weighted by atomic mass is 10.1. The summed E-state index contributed by atoms with van der Waals surface area (Å²) in [6.45, 7) is 5.00. The molecular formula is C28H27N5O3S2. The van der Waals surface area contributed by atoms with E-state index in [4.69, 9.17) is 9.72 Å². The molecule has 194 valence electrons. The second kappa shape index (κ2) is 11.7. The van der Waals surface area contributed by atoms with Crippen molar-refractivity contribution in [3.63, 3.8) is 0 Å². The lowest BCUT2D eigenvalue weighted by Crippen LogP contribution is -2.16. The van der Waals surface area contributed by atoms with Gasteiger partial charge in [-0.1, -0.05) is 73.6 Å². The second-order valence-corrected chi connectivity index (χ2v) is 10.6. The molecule has 0 aliphatic heterocycles. The predicted octanol–water partition coefficient (Wildman–Crippen LogP) is 6.42. The number of aryl methyl sites for hydroxylation is 1. The van der Waals surface area contributed by atoms with Crippen molar-refractivity contribution in [1.82, 2.24) is 19.7 Å². The number of nitrogens with one attached hydrogen (secondary N) is 1. The number of ether oxygens (including phenoxy) is 1. The van der Waals surface area contributed by atoms with Gasteiger partial charge in [0.2, 0.25) is 11.1 Å². The van der Waals surface area contributed by atoms with Gasteiger partial charge in [-0.05, 0) is 31.0 Å². The number of rotatable bonds is 10. The fourth-order valence-corrected chi connectivity index (χ4v) is 5.82. The molecule has 0 aliphatic rings. The van der Waals surface area contributed by atoms with Crippen LogP contribution < -0.4 is 5.32 Å². The van der Waals surface area contributed by atoms with Gasteiger partial charge in [0.1, 0.15) is 10.5 Å².